The van der Waals surface area contributed by atoms with Gasteiger partial charge in [0.1, 0.15) is 4.32 Å². The van der Waals surface area contributed by atoms with Gasteiger partial charge in [-0.25, -0.2) is 0 Å². The fourth-order valence-electron chi connectivity index (χ4n) is 2.42. The Morgan fingerprint density at radius 2 is 2.08 bits per heavy atom. The summed E-state index contributed by atoms with van der Waals surface area (Å²) >= 11 is 10.3. The zero-order chi connectivity index (χ0) is 19.3. The summed E-state index contributed by atoms with van der Waals surface area (Å²) in [7, 11) is 1.61. The molecule has 0 atom stereocenters. The lowest BCUT2D eigenvalue weighted by Gasteiger charge is -2.16. The SMILES string of the molecule is CCCCOc1cc(Br)c(C=C2SC(=S)N(CC(C)C)C2=O)cc1OC. The minimum atomic E-state index is -0.0390. The first-order valence-electron chi connectivity index (χ1n) is 8.63. The molecule has 1 aliphatic rings. The van der Waals surface area contributed by atoms with E-state index in [1.54, 1.807) is 12.0 Å². The molecule has 0 aromatic heterocycles. The van der Waals surface area contributed by atoms with Gasteiger partial charge in [0, 0.05) is 11.0 Å². The number of nitrogens with zero attached hydrogens (tertiary/aromatic N) is 1. The van der Waals surface area contributed by atoms with Gasteiger partial charge >= 0.3 is 0 Å². The molecule has 0 spiro atoms. The van der Waals surface area contributed by atoms with Gasteiger partial charge in [0.15, 0.2) is 11.5 Å². The van der Waals surface area contributed by atoms with Gasteiger partial charge in [0.05, 0.1) is 18.6 Å². The Morgan fingerprint density at radius 1 is 1.35 bits per heavy atom. The fraction of sp³-hybridized carbons (Fsp3) is 0.474. The van der Waals surface area contributed by atoms with Gasteiger partial charge in [-0.3, -0.25) is 9.69 Å². The molecule has 4 nitrogen and oxygen atoms in total. The first kappa shape index (κ1) is 21.3. The maximum atomic E-state index is 12.6. The highest BCUT2D eigenvalue weighted by Crippen LogP contribution is 2.38. The highest BCUT2D eigenvalue weighted by molar-refractivity contribution is 9.10. The number of carbonyl (C=O) groups excluding carboxylic acids is 1. The second-order valence-electron chi connectivity index (χ2n) is 6.41. The Bertz CT molecular complexity index is 719. The highest BCUT2D eigenvalue weighted by atomic mass is 79.9. The number of unbranched alkanes of at least 4 members (excludes halogenated alkanes) is 1. The molecule has 7 heteroatoms. The van der Waals surface area contributed by atoms with E-state index in [1.807, 2.05) is 18.2 Å². The number of hydrogen-bond acceptors (Lipinski definition) is 5. The van der Waals surface area contributed by atoms with E-state index in [4.69, 9.17) is 21.7 Å². The van der Waals surface area contributed by atoms with Crippen LogP contribution >= 0.6 is 39.9 Å². The number of thioether (sulfide) groups is 1. The van der Waals surface area contributed by atoms with E-state index >= 15 is 0 Å². The summed E-state index contributed by atoms with van der Waals surface area (Å²) in [5, 5.41) is 0. The van der Waals surface area contributed by atoms with Crippen LogP contribution in [0.25, 0.3) is 6.08 Å². The number of hydrogen-bond donors (Lipinski definition) is 0. The first-order chi connectivity index (χ1) is 12.4. The molecule has 1 saturated heterocycles. The van der Waals surface area contributed by atoms with Crippen LogP contribution in [0.4, 0.5) is 0 Å². The number of amides is 1. The molecule has 1 heterocycles. The zero-order valence-corrected chi connectivity index (χ0v) is 18.7. The van der Waals surface area contributed by atoms with E-state index in [-0.39, 0.29) is 5.91 Å². The molecule has 1 fully saturated rings. The zero-order valence-electron chi connectivity index (χ0n) is 15.5. The van der Waals surface area contributed by atoms with Crippen molar-refractivity contribution in [3.8, 4) is 11.5 Å². The van der Waals surface area contributed by atoms with E-state index in [0.717, 1.165) is 22.9 Å². The van der Waals surface area contributed by atoms with Crippen LogP contribution in [0.1, 0.15) is 39.2 Å². The Hall–Kier alpha value is -1.05. The van der Waals surface area contributed by atoms with Crippen LogP contribution in [0.15, 0.2) is 21.5 Å². The van der Waals surface area contributed by atoms with Gasteiger partial charge in [-0.15, -0.1) is 0 Å². The van der Waals surface area contributed by atoms with Gasteiger partial charge in [-0.05, 0) is 36.1 Å². The normalized spacial score (nSPS) is 16.1. The van der Waals surface area contributed by atoms with Gasteiger partial charge in [-0.1, -0.05) is 67.1 Å². The van der Waals surface area contributed by atoms with Crippen molar-refractivity contribution in [1.82, 2.24) is 4.90 Å². The summed E-state index contributed by atoms with van der Waals surface area (Å²) in [5.41, 5.74) is 0.856. The molecule has 26 heavy (non-hydrogen) atoms. The number of carbonyl (C=O) groups is 1. The van der Waals surface area contributed by atoms with E-state index in [1.165, 1.54) is 11.8 Å². The quantitative estimate of drug-likeness (QED) is 0.293. The predicted octanol–water partition coefficient (Wildman–Crippen LogP) is 5.49. The van der Waals surface area contributed by atoms with Crippen LogP contribution in [0.3, 0.4) is 0 Å². The Morgan fingerprint density at radius 3 is 2.69 bits per heavy atom. The molecular formula is C19H24BrNO3S2. The standard InChI is InChI=1S/C19H24BrNO3S2/c1-5-6-7-24-16-10-14(20)13(8-15(16)23-4)9-17-18(22)21(11-12(2)3)19(25)26-17/h8-10,12H,5-7,11H2,1-4H3. The largest absolute Gasteiger partial charge is 0.493 e. The van der Waals surface area contributed by atoms with Crippen LogP contribution in [0.5, 0.6) is 11.5 Å². The topological polar surface area (TPSA) is 38.8 Å². The predicted molar refractivity (Wildman–Crippen MR) is 116 cm³/mol. The molecule has 2 rings (SSSR count). The number of thiocarbonyl (C=S) groups is 1. The van der Waals surface area contributed by atoms with Crippen LogP contribution < -0.4 is 9.47 Å². The van der Waals surface area contributed by atoms with Crippen molar-refractivity contribution < 1.29 is 14.3 Å². The van der Waals surface area contributed by atoms with Crippen molar-refractivity contribution >= 4 is 56.2 Å². The average molecular weight is 458 g/mol. The molecule has 0 radical (unpaired) electrons. The summed E-state index contributed by atoms with van der Waals surface area (Å²) in [6.07, 6.45) is 3.91. The molecule has 0 N–H and O–H groups in total. The molecule has 0 saturated carbocycles. The molecule has 1 aliphatic heterocycles. The third-order valence-corrected chi connectivity index (χ3v) is 5.81. The summed E-state index contributed by atoms with van der Waals surface area (Å²) in [6, 6.07) is 3.76. The Balaban J connectivity index is 2.27. The first-order valence-corrected chi connectivity index (χ1v) is 10.6. The van der Waals surface area contributed by atoms with Crippen molar-refractivity contribution in [2.75, 3.05) is 20.3 Å². The fourth-order valence-corrected chi connectivity index (χ4v) is 4.13. The van der Waals surface area contributed by atoms with Crippen molar-refractivity contribution in [2.45, 2.75) is 33.6 Å². The van der Waals surface area contributed by atoms with Crippen molar-refractivity contribution in [2.24, 2.45) is 5.92 Å². The van der Waals surface area contributed by atoms with Crippen LogP contribution in [0, 0.1) is 5.92 Å². The van der Waals surface area contributed by atoms with Crippen molar-refractivity contribution in [3.05, 3.63) is 27.1 Å². The number of methoxy groups -OCH3 is 1. The van der Waals surface area contributed by atoms with Crippen molar-refractivity contribution in [1.29, 1.82) is 0 Å². The smallest absolute Gasteiger partial charge is 0.266 e. The lowest BCUT2D eigenvalue weighted by molar-refractivity contribution is -0.122. The molecule has 1 amide bonds. The summed E-state index contributed by atoms with van der Waals surface area (Å²) in [5.74, 6) is 1.66. The van der Waals surface area contributed by atoms with Crippen LogP contribution in [0.2, 0.25) is 0 Å². The summed E-state index contributed by atoms with van der Waals surface area (Å²) in [4.78, 5) is 14.9. The molecular weight excluding hydrogens is 434 g/mol. The van der Waals surface area contributed by atoms with Gasteiger partial charge < -0.3 is 9.47 Å². The van der Waals surface area contributed by atoms with E-state index in [2.05, 4.69) is 36.7 Å². The Labute approximate surface area is 173 Å². The highest BCUT2D eigenvalue weighted by Gasteiger charge is 2.32. The maximum absolute atomic E-state index is 12.6. The molecule has 0 aliphatic carbocycles. The minimum absolute atomic E-state index is 0.0390. The molecule has 1 aromatic carbocycles. The maximum Gasteiger partial charge on any atom is 0.266 e. The van der Waals surface area contributed by atoms with Gasteiger partial charge in [0.2, 0.25) is 0 Å². The Kier molecular flexibility index (Phi) is 7.98. The summed E-state index contributed by atoms with van der Waals surface area (Å²) < 4.78 is 12.7. The molecule has 0 bridgehead atoms. The van der Waals surface area contributed by atoms with Crippen LogP contribution in [-0.2, 0) is 4.79 Å². The van der Waals surface area contributed by atoms with E-state index in [9.17, 15) is 4.79 Å². The lowest BCUT2D eigenvalue weighted by Crippen LogP contribution is -2.31. The number of rotatable bonds is 8. The second kappa shape index (κ2) is 9.76. The number of ether oxygens (including phenoxy) is 2. The average Bonchev–Trinajstić information content (AvgIpc) is 2.84. The third kappa shape index (κ3) is 5.24. The molecule has 1 aromatic rings. The van der Waals surface area contributed by atoms with E-state index < -0.39 is 0 Å². The van der Waals surface area contributed by atoms with Crippen LogP contribution in [-0.4, -0.2) is 35.4 Å². The molecule has 0 unspecified atom stereocenters. The third-order valence-electron chi connectivity index (χ3n) is 3.75. The summed E-state index contributed by atoms with van der Waals surface area (Å²) in [6.45, 7) is 7.54. The van der Waals surface area contributed by atoms with E-state index in [0.29, 0.717) is 39.8 Å². The number of benzene rings is 1. The second-order valence-corrected chi connectivity index (χ2v) is 8.94. The van der Waals surface area contributed by atoms with Gasteiger partial charge in [0.25, 0.3) is 5.91 Å². The molecule has 142 valence electrons. The lowest BCUT2D eigenvalue weighted by atomic mass is 10.1. The minimum Gasteiger partial charge on any atom is -0.493 e. The monoisotopic (exact) mass is 457 g/mol. The van der Waals surface area contributed by atoms with Crippen molar-refractivity contribution in [3.63, 3.8) is 0 Å². The van der Waals surface area contributed by atoms with Gasteiger partial charge in [-0.2, -0.15) is 0 Å². The number of halogens is 1.